The van der Waals surface area contributed by atoms with E-state index in [4.69, 9.17) is 9.57 Å². The van der Waals surface area contributed by atoms with Crippen molar-refractivity contribution in [3.8, 4) is 0 Å². The minimum Gasteiger partial charge on any atom is -0.466 e. The van der Waals surface area contributed by atoms with Gasteiger partial charge in [-0.3, -0.25) is 9.69 Å². The van der Waals surface area contributed by atoms with Crippen LogP contribution >= 0.6 is 0 Å². The molecule has 0 radical (unpaired) electrons. The van der Waals surface area contributed by atoms with Crippen LogP contribution < -0.4 is 0 Å². The Labute approximate surface area is 185 Å². The fourth-order valence-electron chi connectivity index (χ4n) is 4.73. The number of esters is 1. The lowest BCUT2D eigenvalue weighted by Crippen LogP contribution is -2.40. The number of likely N-dealkylation sites (tertiary alicyclic amines) is 1. The van der Waals surface area contributed by atoms with E-state index in [9.17, 15) is 4.79 Å². The van der Waals surface area contributed by atoms with Gasteiger partial charge >= 0.3 is 5.97 Å². The van der Waals surface area contributed by atoms with Crippen molar-refractivity contribution in [2.75, 3.05) is 32.8 Å². The maximum Gasteiger partial charge on any atom is 0.310 e. The molecular formula is C26H32N2O3. The summed E-state index contributed by atoms with van der Waals surface area (Å²) in [7, 11) is 0. The van der Waals surface area contributed by atoms with Gasteiger partial charge in [-0.25, -0.2) is 0 Å². The molecule has 4 rings (SSSR count). The Morgan fingerprint density at radius 1 is 1.10 bits per heavy atom. The fourth-order valence-corrected chi connectivity index (χ4v) is 4.73. The number of hydrogen-bond acceptors (Lipinski definition) is 5. The number of carbonyl (C=O) groups is 1. The van der Waals surface area contributed by atoms with Crippen LogP contribution in [0.15, 0.2) is 59.8 Å². The summed E-state index contributed by atoms with van der Waals surface area (Å²) in [6.45, 7) is 5.32. The van der Waals surface area contributed by atoms with Crippen molar-refractivity contribution < 1.29 is 14.4 Å². The zero-order valence-corrected chi connectivity index (χ0v) is 18.3. The van der Waals surface area contributed by atoms with Crippen molar-refractivity contribution in [2.24, 2.45) is 11.1 Å². The van der Waals surface area contributed by atoms with Gasteiger partial charge in [-0.15, -0.1) is 0 Å². The van der Waals surface area contributed by atoms with Crippen molar-refractivity contribution in [2.45, 2.75) is 38.5 Å². The first-order valence-electron chi connectivity index (χ1n) is 11.5. The summed E-state index contributed by atoms with van der Waals surface area (Å²) in [5.41, 5.74) is 4.84. The van der Waals surface area contributed by atoms with E-state index in [1.54, 1.807) is 0 Å². The van der Waals surface area contributed by atoms with Gasteiger partial charge in [-0.05, 0) is 50.3 Å². The van der Waals surface area contributed by atoms with Gasteiger partial charge in [0.25, 0.3) is 0 Å². The van der Waals surface area contributed by atoms with Crippen molar-refractivity contribution in [1.29, 1.82) is 0 Å². The third-order valence-corrected chi connectivity index (χ3v) is 6.31. The van der Waals surface area contributed by atoms with E-state index in [-0.39, 0.29) is 17.8 Å². The Kier molecular flexibility index (Phi) is 7.36. The van der Waals surface area contributed by atoms with Gasteiger partial charge in [0.05, 0.1) is 18.2 Å². The highest BCUT2D eigenvalue weighted by Crippen LogP contribution is 2.33. The summed E-state index contributed by atoms with van der Waals surface area (Å²) in [5, 5.41) is 4.65. The first kappa shape index (κ1) is 21.6. The average molecular weight is 421 g/mol. The number of aryl methyl sites for hydroxylation is 1. The molecule has 0 saturated carbocycles. The van der Waals surface area contributed by atoms with Crippen molar-refractivity contribution in [1.82, 2.24) is 4.90 Å². The zero-order chi connectivity index (χ0) is 21.5. The monoisotopic (exact) mass is 420 g/mol. The maximum atomic E-state index is 12.1. The molecule has 2 aliphatic rings. The van der Waals surface area contributed by atoms with E-state index in [2.05, 4.69) is 64.7 Å². The molecule has 1 aliphatic heterocycles. The van der Waals surface area contributed by atoms with E-state index in [0.717, 1.165) is 51.0 Å². The van der Waals surface area contributed by atoms with Crippen LogP contribution in [0.3, 0.4) is 0 Å². The number of piperidine rings is 1. The van der Waals surface area contributed by atoms with E-state index in [0.29, 0.717) is 13.2 Å². The lowest BCUT2D eigenvalue weighted by molar-refractivity contribution is -0.150. The minimum absolute atomic E-state index is 0.0207. The lowest BCUT2D eigenvalue weighted by Gasteiger charge is -2.31. The van der Waals surface area contributed by atoms with Gasteiger partial charge in [0.1, 0.15) is 6.61 Å². The van der Waals surface area contributed by atoms with Gasteiger partial charge in [0, 0.05) is 24.6 Å². The predicted molar refractivity (Wildman–Crippen MR) is 122 cm³/mol. The van der Waals surface area contributed by atoms with Crippen molar-refractivity contribution >= 4 is 11.7 Å². The Morgan fingerprint density at radius 3 is 2.74 bits per heavy atom. The quantitative estimate of drug-likeness (QED) is 0.378. The molecule has 1 saturated heterocycles. The largest absolute Gasteiger partial charge is 0.466 e. The van der Waals surface area contributed by atoms with Gasteiger partial charge in [0.2, 0.25) is 0 Å². The first-order valence-corrected chi connectivity index (χ1v) is 11.5. The summed E-state index contributed by atoms with van der Waals surface area (Å²) < 4.78 is 5.20. The molecule has 5 heteroatoms. The van der Waals surface area contributed by atoms with Crippen LogP contribution in [-0.2, 0) is 20.8 Å². The molecular weight excluding hydrogens is 388 g/mol. The second-order valence-electron chi connectivity index (χ2n) is 8.36. The molecule has 2 aromatic rings. The molecule has 5 nitrogen and oxygen atoms in total. The highest BCUT2D eigenvalue weighted by Gasteiger charge is 2.28. The molecule has 2 atom stereocenters. The molecule has 0 spiro atoms. The van der Waals surface area contributed by atoms with Crippen molar-refractivity contribution in [3.63, 3.8) is 0 Å². The third kappa shape index (κ3) is 5.34. The molecule has 2 unspecified atom stereocenters. The minimum atomic E-state index is -0.0714. The first-order chi connectivity index (χ1) is 15.3. The Bertz CT molecular complexity index is 897. The van der Waals surface area contributed by atoms with Crippen LogP contribution in [0.5, 0.6) is 0 Å². The molecule has 0 aromatic heterocycles. The van der Waals surface area contributed by atoms with Gasteiger partial charge in [-0.1, -0.05) is 59.8 Å². The summed E-state index contributed by atoms with van der Waals surface area (Å²) in [5.74, 6) is 0.157. The number of rotatable bonds is 7. The van der Waals surface area contributed by atoms with Crippen molar-refractivity contribution in [3.05, 3.63) is 71.3 Å². The lowest BCUT2D eigenvalue weighted by atomic mass is 9.78. The highest BCUT2D eigenvalue weighted by molar-refractivity contribution is 6.06. The zero-order valence-electron chi connectivity index (χ0n) is 18.3. The Balaban J connectivity index is 1.41. The number of fused-ring (bicyclic) bond motifs is 1. The van der Waals surface area contributed by atoms with E-state index in [1.807, 2.05) is 6.92 Å². The normalized spacial score (nSPS) is 22.7. The number of oxime groups is 1. The van der Waals surface area contributed by atoms with E-state index >= 15 is 0 Å². The number of ether oxygens (including phenoxy) is 1. The molecule has 0 amide bonds. The molecule has 31 heavy (non-hydrogen) atoms. The summed E-state index contributed by atoms with van der Waals surface area (Å²) in [6, 6.07) is 19.1. The highest BCUT2D eigenvalue weighted by atomic mass is 16.6. The van der Waals surface area contributed by atoms with Crippen LogP contribution in [0, 0.1) is 5.92 Å². The summed E-state index contributed by atoms with van der Waals surface area (Å²) >= 11 is 0. The van der Waals surface area contributed by atoms with Gasteiger partial charge in [0.15, 0.2) is 0 Å². The molecule has 2 aromatic carbocycles. The smallest absolute Gasteiger partial charge is 0.310 e. The number of benzene rings is 2. The van der Waals surface area contributed by atoms with Gasteiger partial charge < -0.3 is 9.57 Å². The molecule has 1 aliphatic carbocycles. The number of nitrogens with zero attached hydrogens (tertiary/aromatic N) is 2. The average Bonchev–Trinajstić information content (AvgIpc) is 2.82. The van der Waals surface area contributed by atoms with Crippen LogP contribution in [0.4, 0.5) is 0 Å². The second kappa shape index (κ2) is 10.6. The van der Waals surface area contributed by atoms with Crippen LogP contribution in [0.1, 0.15) is 48.8 Å². The third-order valence-electron chi connectivity index (χ3n) is 6.31. The summed E-state index contributed by atoms with van der Waals surface area (Å²) in [4.78, 5) is 20.2. The Morgan fingerprint density at radius 2 is 1.90 bits per heavy atom. The predicted octanol–water partition coefficient (Wildman–Crippen LogP) is 4.41. The van der Waals surface area contributed by atoms with E-state index < -0.39 is 0 Å². The van der Waals surface area contributed by atoms with Crippen LogP contribution in [0.2, 0.25) is 0 Å². The molecule has 1 fully saturated rings. The molecule has 0 bridgehead atoms. The topological polar surface area (TPSA) is 51.1 Å². The van der Waals surface area contributed by atoms with Crippen LogP contribution in [-0.4, -0.2) is 49.4 Å². The fraction of sp³-hybridized carbons (Fsp3) is 0.462. The SMILES string of the molecule is CCOC(=O)C1CCCN(CCON=C2c3ccccc3CCC2c2ccccc2)C1. The van der Waals surface area contributed by atoms with Crippen LogP contribution in [0.25, 0.3) is 0 Å². The summed E-state index contributed by atoms with van der Waals surface area (Å²) in [6.07, 6.45) is 4.02. The molecule has 1 heterocycles. The standard InChI is InChI=1S/C26H32N2O3/c1-2-30-26(29)22-12-8-16-28(19-22)17-18-31-27-25-23-13-7-6-11-21(23)14-15-24(25)20-9-4-3-5-10-20/h3-7,9-11,13,22,24H,2,8,12,14-19H2,1H3. The second-order valence-corrected chi connectivity index (χ2v) is 8.36. The molecule has 164 valence electrons. The Hall–Kier alpha value is -2.66. The van der Waals surface area contributed by atoms with Gasteiger partial charge in [-0.2, -0.15) is 0 Å². The maximum absolute atomic E-state index is 12.1. The van der Waals surface area contributed by atoms with E-state index in [1.165, 1.54) is 16.7 Å². The molecule has 0 N–H and O–H groups in total. The number of carbonyl (C=O) groups excluding carboxylic acids is 1. The number of hydrogen-bond donors (Lipinski definition) is 0.